The number of carbonyl (C=O) groups is 1. The maximum absolute atomic E-state index is 12.2. The van der Waals surface area contributed by atoms with Gasteiger partial charge in [-0.1, -0.05) is 0 Å². The summed E-state index contributed by atoms with van der Waals surface area (Å²) >= 11 is 0. The Morgan fingerprint density at radius 2 is 2.05 bits per heavy atom. The van der Waals surface area contributed by atoms with Crippen LogP contribution in [0.3, 0.4) is 0 Å². The van der Waals surface area contributed by atoms with E-state index in [9.17, 15) is 4.79 Å². The van der Waals surface area contributed by atoms with Crippen molar-refractivity contribution < 1.29 is 4.79 Å². The van der Waals surface area contributed by atoms with Crippen LogP contribution in [0.4, 0.5) is 5.69 Å². The van der Waals surface area contributed by atoms with E-state index in [4.69, 9.17) is 0 Å². The van der Waals surface area contributed by atoms with Gasteiger partial charge in [0.25, 0.3) is 0 Å². The van der Waals surface area contributed by atoms with Crippen LogP contribution in [0.1, 0.15) is 24.8 Å². The summed E-state index contributed by atoms with van der Waals surface area (Å²) in [4.78, 5) is 16.3. The van der Waals surface area contributed by atoms with E-state index >= 15 is 0 Å². The monoisotopic (exact) mass is 317 g/mol. The standard InChI is InChI=1S/C14H19N3O.2ClH/c1-10-6-11(9-16-8-10)17-13(18)12-7-14(12)2-4-15-5-3-14;;/h6,8-9,12,15H,2-5,7H2,1H3,(H,17,18);2*1H. The summed E-state index contributed by atoms with van der Waals surface area (Å²) in [5.41, 5.74) is 2.18. The maximum Gasteiger partial charge on any atom is 0.228 e. The largest absolute Gasteiger partial charge is 0.324 e. The van der Waals surface area contributed by atoms with Crippen LogP contribution in [-0.4, -0.2) is 24.0 Å². The maximum atomic E-state index is 12.2. The molecule has 1 aliphatic carbocycles. The zero-order valence-electron chi connectivity index (χ0n) is 11.5. The van der Waals surface area contributed by atoms with Crippen LogP contribution in [-0.2, 0) is 4.79 Å². The molecule has 1 aromatic heterocycles. The number of hydrogen-bond acceptors (Lipinski definition) is 3. The van der Waals surface area contributed by atoms with E-state index < -0.39 is 0 Å². The number of anilines is 1. The molecule has 1 aliphatic heterocycles. The van der Waals surface area contributed by atoms with Crippen molar-refractivity contribution >= 4 is 36.4 Å². The molecule has 1 aromatic rings. The zero-order chi connectivity index (χ0) is 12.6. The SMILES string of the molecule is Cc1cncc(NC(=O)C2CC23CCNCC3)c1.Cl.Cl. The number of hydrogen-bond donors (Lipinski definition) is 2. The Kier molecular flexibility index (Phi) is 5.80. The van der Waals surface area contributed by atoms with Crippen molar-refractivity contribution in [2.75, 3.05) is 18.4 Å². The number of pyridine rings is 1. The van der Waals surface area contributed by atoms with Crippen molar-refractivity contribution in [3.63, 3.8) is 0 Å². The van der Waals surface area contributed by atoms with Gasteiger partial charge in [-0.25, -0.2) is 0 Å². The summed E-state index contributed by atoms with van der Waals surface area (Å²) in [7, 11) is 0. The first-order chi connectivity index (χ1) is 8.70. The molecule has 3 rings (SSSR count). The Bertz CT molecular complexity index is 475. The molecule has 2 aliphatic rings. The minimum absolute atomic E-state index is 0. The number of halogens is 2. The summed E-state index contributed by atoms with van der Waals surface area (Å²) in [5, 5.41) is 6.35. The zero-order valence-corrected chi connectivity index (χ0v) is 13.1. The Morgan fingerprint density at radius 1 is 1.35 bits per heavy atom. The molecule has 2 heterocycles. The number of nitrogens with zero attached hydrogens (tertiary/aromatic N) is 1. The van der Waals surface area contributed by atoms with E-state index in [1.54, 1.807) is 12.4 Å². The molecule has 6 heteroatoms. The van der Waals surface area contributed by atoms with E-state index in [2.05, 4.69) is 15.6 Å². The highest BCUT2D eigenvalue weighted by Gasteiger charge is 2.57. The number of piperidine rings is 1. The average Bonchev–Trinajstić information content (AvgIpc) is 3.04. The highest BCUT2D eigenvalue weighted by Crippen LogP contribution is 2.58. The summed E-state index contributed by atoms with van der Waals surface area (Å²) in [6.07, 6.45) is 6.83. The predicted octanol–water partition coefficient (Wildman–Crippen LogP) is 2.56. The average molecular weight is 318 g/mol. The quantitative estimate of drug-likeness (QED) is 0.881. The number of aromatic nitrogens is 1. The van der Waals surface area contributed by atoms with Gasteiger partial charge in [0.2, 0.25) is 5.91 Å². The third-order valence-electron chi connectivity index (χ3n) is 4.25. The molecule has 4 nitrogen and oxygen atoms in total. The third-order valence-corrected chi connectivity index (χ3v) is 4.25. The van der Waals surface area contributed by atoms with Gasteiger partial charge in [-0.3, -0.25) is 9.78 Å². The van der Waals surface area contributed by atoms with E-state index in [0.717, 1.165) is 43.6 Å². The molecule has 1 atom stereocenters. The molecule has 1 amide bonds. The van der Waals surface area contributed by atoms with Crippen molar-refractivity contribution in [3.8, 4) is 0 Å². The molecule has 0 bridgehead atoms. The van der Waals surface area contributed by atoms with Crippen LogP contribution in [0, 0.1) is 18.3 Å². The van der Waals surface area contributed by atoms with E-state index in [1.807, 2.05) is 13.0 Å². The van der Waals surface area contributed by atoms with Crippen molar-refractivity contribution in [3.05, 3.63) is 24.0 Å². The highest BCUT2D eigenvalue weighted by atomic mass is 35.5. The molecular weight excluding hydrogens is 297 g/mol. The Balaban J connectivity index is 0.000001000. The van der Waals surface area contributed by atoms with Crippen LogP contribution >= 0.6 is 24.8 Å². The fourth-order valence-corrected chi connectivity index (χ4v) is 3.05. The second-order valence-corrected chi connectivity index (χ2v) is 5.61. The Labute approximate surface area is 131 Å². The Hall–Kier alpha value is -0.840. The van der Waals surface area contributed by atoms with Crippen molar-refractivity contribution in [1.82, 2.24) is 10.3 Å². The molecule has 0 aromatic carbocycles. The normalized spacial score (nSPS) is 22.4. The molecule has 1 unspecified atom stereocenters. The molecule has 2 fully saturated rings. The fourth-order valence-electron chi connectivity index (χ4n) is 3.05. The van der Waals surface area contributed by atoms with Gasteiger partial charge in [0.05, 0.1) is 11.9 Å². The molecule has 1 saturated carbocycles. The highest BCUT2D eigenvalue weighted by molar-refractivity contribution is 5.95. The fraction of sp³-hybridized carbons (Fsp3) is 0.571. The summed E-state index contributed by atoms with van der Waals surface area (Å²) < 4.78 is 0. The number of nitrogens with one attached hydrogen (secondary N) is 2. The number of amides is 1. The van der Waals surface area contributed by atoms with Gasteiger partial charge in [-0.2, -0.15) is 0 Å². The summed E-state index contributed by atoms with van der Waals surface area (Å²) in [6.45, 7) is 4.08. The topological polar surface area (TPSA) is 54.0 Å². The first-order valence-electron chi connectivity index (χ1n) is 6.63. The van der Waals surface area contributed by atoms with Crippen LogP contribution in [0.5, 0.6) is 0 Å². The lowest BCUT2D eigenvalue weighted by Gasteiger charge is -2.23. The smallest absolute Gasteiger partial charge is 0.228 e. The summed E-state index contributed by atoms with van der Waals surface area (Å²) in [5.74, 6) is 0.379. The minimum Gasteiger partial charge on any atom is -0.324 e. The molecule has 1 spiro atoms. The van der Waals surface area contributed by atoms with Gasteiger partial charge in [-0.05, 0) is 56.3 Å². The van der Waals surface area contributed by atoms with Crippen LogP contribution in [0.2, 0.25) is 0 Å². The second-order valence-electron chi connectivity index (χ2n) is 5.61. The van der Waals surface area contributed by atoms with Crippen molar-refractivity contribution in [1.29, 1.82) is 0 Å². The lowest BCUT2D eigenvalue weighted by atomic mass is 9.92. The predicted molar refractivity (Wildman–Crippen MR) is 84.7 cm³/mol. The number of aryl methyl sites for hydroxylation is 1. The molecular formula is C14H21Cl2N3O. The third kappa shape index (κ3) is 3.43. The van der Waals surface area contributed by atoms with E-state index in [-0.39, 0.29) is 36.6 Å². The van der Waals surface area contributed by atoms with Gasteiger partial charge in [0.1, 0.15) is 0 Å². The second kappa shape index (κ2) is 6.74. The number of carbonyl (C=O) groups excluding carboxylic acids is 1. The molecule has 0 radical (unpaired) electrons. The molecule has 112 valence electrons. The van der Waals surface area contributed by atoms with Crippen LogP contribution in [0.25, 0.3) is 0 Å². The first kappa shape index (κ1) is 17.2. The molecule has 20 heavy (non-hydrogen) atoms. The van der Waals surface area contributed by atoms with Crippen molar-refractivity contribution in [2.45, 2.75) is 26.2 Å². The van der Waals surface area contributed by atoms with E-state index in [0.29, 0.717) is 5.41 Å². The van der Waals surface area contributed by atoms with Gasteiger partial charge in [0, 0.05) is 12.1 Å². The molecule has 2 N–H and O–H groups in total. The molecule has 1 saturated heterocycles. The summed E-state index contributed by atoms with van der Waals surface area (Å²) in [6, 6.07) is 1.96. The van der Waals surface area contributed by atoms with Gasteiger partial charge in [0.15, 0.2) is 0 Å². The van der Waals surface area contributed by atoms with Gasteiger partial charge >= 0.3 is 0 Å². The Morgan fingerprint density at radius 3 is 2.70 bits per heavy atom. The van der Waals surface area contributed by atoms with Crippen LogP contribution in [0.15, 0.2) is 18.5 Å². The van der Waals surface area contributed by atoms with Gasteiger partial charge < -0.3 is 10.6 Å². The van der Waals surface area contributed by atoms with Crippen LogP contribution < -0.4 is 10.6 Å². The van der Waals surface area contributed by atoms with Gasteiger partial charge in [-0.15, -0.1) is 24.8 Å². The lowest BCUT2D eigenvalue weighted by Crippen LogP contribution is -2.31. The van der Waals surface area contributed by atoms with Crippen molar-refractivity contribution in [2.24, 2.45) is 11.3 Å². The minimum atomic E-state index is 0. The number of rotatable bonds is 2. The van der Waals surface area contributed by atoms with E-state index in [1.165, 1.54) is 0 Å². The lowest BCUT2D eigenvalue weighted by molar-refractivity contribution is -0.118. The first-order valence-corrected chi connectivity index (χ1v) is 6.63.